The zero-order valence-electron chi connectivity index (χ0n) is 9.53. The largest absolute Gasteiger partial charge is 0.481 e. The molecule has 0 aliphatic rings. The highest BCUT2D eigenvalue weighted by Crippen LogP contribution is 2.29. The maximum Gasteiger partial charge on any atom is 0.307 e. The SMILES string of the molecule is O=C(O)Cc1ccc(-c2ccc(Cl)cc2Cl)nc1F. The third-order valence-corrected chi connectivity index (χ3v) is 3.02. The van der Waals surface area contributed by atoms with E-state index in [4.69, 9.17) is 28.3 Å². The molecule has 0 fully saturated rings. The molecule has 6 heteroatoms. The van der Waals surface area contributed by atoms with E-state index in [9.17, 15) is 9.18 Å². The lowest BCUT2D eigenvalue weighted by Gasteiger charge is -2.06. The summed E-state index contributed by atoms with van der Waals surface area (Å²) in [7, 11) is 0. The fourth-order valence-corrected chi connectivity index (χ4v) is 2.11. The Morgan fingerprint density at radius 1 is 1.26 bits per heavy atom. The minimum Gasteiger partial charge on any atom is -0.481 e. The van der Waals surface area contributed by atoms with Crippen LogP contribution in [-0.4, -0.2) is 16.1 Å². The van der Waals surface area contributed by atoms with E-state index in [0.29, 0.717) is 21.3 Å². The molecule has 98 valence electrons. The zero-order chi connectivity index (χ0) is 14.0. The van der Waals surface area contributed by atoms with Gasteiger partial charge in [-0.05, 0) is 24.3 Å². The first-order valence-electron chi connectivity index (χ1n) is 5.30. The second kappa shape index (κ2) is 5.55. The maximum absolute atomic E-state index is 13.7. The van der Waals surface area contributed by atoms with Gasteiger partial charge in [0.2, 0.25) is 5.95 Å². The van der Waals surface area contributed by atoms with E-state index in [0.717, 1.165) is 0 Å². The van der Waals surface area contributed by atoms with E-state index in [-0.39, 0.29) is 5.56 Å². The Morgan fingerprint density at radius 3 is 2.58 bits per heavy atom. The third-order valence-electron chi connectivity index (χ3n) is 2.47. The fraction of sp³-hybridized carbons (Fsp3) is 0.0769. The van der Waals surface area contributed by atoms with Crippen molar-refractivity contribution in [3.8, 4) is 11.3 Å². The van der Waals surface area contributed by atoms with Gasteiger partial charge < -0.3 is 5.11 Å². The Balaban J connectivity index is 2.41. The van der Waals surface area contributed by atoms with Crippen LogP contribution < -0.4 is 0 Å². The van der Waals surface area contributed by atoms with Gasteiger partial charge in [-0.15, -0.1) is 0 Å². The van der Waals surface area contributed by atoms with Crippen molar-refractivity contribution in [1.82, 2.24) is 4.98 Å². The normalized spacial score (nSPS) is 10.5. The van der Waals surface area contributed by atoms with E-state index in [1.54, 1.807) is 12.1 Å². The topological polar surface area (TPSA) is 50.2 Å². The van der Waals surface area contributed by atoms with Gasteiger partial charge in [-0.25, -0.2) is 4.98 Å². The lowest BCUT2D eigenvalue weighted by atomic mass is 10.1. The first-order chi connectivity index (χ1) is 8.97. The number of rotatable bonds is 3. The van der Waals surface area contributed by atoms with Gasteiger partial charge in [0.25, 0.3) is 0 Å². The van der Waals surface area contributed by atoms with Crippen molar-refractivity contribution in [1.29, 1.82) is 0 Å². The summed E-state index contributed by atoms with van der Waals surface area (Å²) in [5, 5.41) is 9.44. The second-order valence-corrected chi connectivity index (χ2v) is 4.68. The van der Waals surface area contributed by atoms with Crippen LogP contribution >= 0.6 is 23.2 Å². The summed E-state index contributed by atoms with van der Waals surface area (Å²) in [5.41, 5.74) is 0.890. The van der Waals surface area contributed by atoms with Crippen molar-refractivity contribution < 1.29 is 14.3 Å². The van der Waals surface area contributed by atoms with Crippen molar-refractivity contribution in [2.24, 2.45) is 0 Å². The summed E-state index contributed by atoms with van der Waals surface area (Å²) in [6, 6.07) is 7.69. The molecular weight excluding hydrogens is 292 g/mol. The second-order valence-electron chi connectivity index (χ2n) is 3.84. The summed E-state index contributed by atoms with van der Waals surface area (Å²) < 4.78 is 13.7. The van der Waals surface area contributed by atoms with E-state index < -0.39 is 18.3 Å². The molecule has 0 amide bonds. The number of halogens is 3. The molecule has 0 aliphatic heterocycles. The summed E-state index contributed by atoms with van der Waals surface area (Å²) in [5.74, 6) is -1.93. The van der Waals surface area contributed by atoms with Crippen molar-refractivity contribution >= 4 is 29.2 Å². The first kappa shape index (κ1) is 13.8. The fourth-order valence-electron chi connectivity index (χ4n) is 1.61. The summed E-state index contributed by atoms with van der Waals surface area (Å²) in [4.78, 5) is 14.3. The number of nitrogens with zero attached hydrogens (tertiary/aromatic N) is 1. The van der Waals surface area contributed by atoms with Crippen LogP contribution in [0, 0.1) is 5.95 Å². The highest BCUT2D eigenvalue weighted by Gasteiger charge is 2.12. The number of benzene rings is 1. The van der Waals surface area contributed by atoms with Gasteiger partial charge >= 0.3 is 5.97 Å². The Bertz CT molecular complexity index is 647. The molecule has 0 saturated heterocycles. The molecule has 3 nitrogen and oxygen atoms in total. The summed E-state index contributed by atoms with van der Waals surface area (Å²) in [6.07, 6.45) is -0.409. The van der Waals surface area contributed by atoms with E-state index in [2.05, 4.69) is 4.98 Å². The van der Waals surface area contributed by atoms with Gasteiger partial charge in [-0.3, -0.25) is 4.79 Å². The molecule has 0 saturated carbocycles. The Hall–Kier alpha value is -1.65. The summed E-state index contributed by atoms with van der Waals surface area (Å²) >= 11 is 11.8. The molecule has 1 N–H and O–H groups in total. The van der Waals surface area contributed by atoms with E-state index in [1.165, 1.54) is 18.2 Å². The Morgan fingerprint density at radius 2 is 2.00 bits per heavy atom. The number of hydrogen-bond donors (Lipinski definition) is 1. The molecule has 0 bridgehead atoms. The Labute approximate surface area is 118 Å². The number of hydrogen-bond acceptors (Lipinski definition) is 2. The highest BCUT2D eigenvalue weighted by atomic mass is 35.5. The van der Waals surface area contributed by atoms with E-state index >= 15 is 0 Å². The number of carboxylic acid groups (broad SMARTS) is 1. The van der Waals surface area contributed by atoms with E-state index in [1.807, 2.05) is 0 Å². The average Bonchev–Trinajstić information content (AvgIpc) is 2.31. The standard InChI is InChI=1S/C13H8Cl2FNO2/c14-8-2-3-9(10(15)6-8)11-4-1-7(5-12(18)19)13(16)17-11/h1-4,6H,5H2,(H,18,19). The number of carboxylic acids is 1. The number of aliphatic carboxylic acids is 1. The molecule has 19 heavy (non-hydrogen) atoms. The van der Waals surface area contributed by atoms with Crippen LogP contribution in [0.4, 0.5) is 4.39 Å². The van der Waals surface area contributed by atoms with Crippen molar-refractivity contribution in [2.75, 3.05) is 0 Å². The molecule has 1 heterocycles. The molecule has 0 spiro atoms. The maximum atomic E-state index is 13.7. The van der Waals surface area contributed by atoms with Crippen LogP contribution in [0.5, 0.6) is 0 Å². The third kappa shape index (κ3) is 3.22. The highest BCUT2D eigenvalue weighted by molar-refractivity contribution is 6.36. The molecule has 0 atom stereocenters. The molecule has 1 aromatic heterocycles. The lowest BCUT2D eigenvalue weighted by molar-refractivity contribution is -0.136. The van der Waals surface area contributed by atoms with Crippen molar-refractivity contribution in [3.63, 3.8) is 0 Å². The molecule has 0 aliphatic carbocycles. The molecule has 2 aromatic rings. The number of pyridine rings is 1. The molecule has 0 unspecified atom stereocenters. The monoisotopic (exact) mass is 299 g/mol. The van der Waals surface area contributed by atoms with Gasteiger partial charge in [0, 0.05) is 16.1 Å². The minimum absolute atomic E-state index is 0.0290. The van der Waals surface area contributed by atoms with Crippen LogP contribution in [0.25, 0.3) is 11.3 Å². The van der Waals surface area contributed by atoms with Gasteiger partial charge in [-0.1, -0.05) is 29.3 Å². The lowest BCUT2D eigenvalue weighted by Crippen LogP contribution is -2.04. The van der Waals surface area contributed by atoms with Crippen molar-refractivity contribution in [3.05, 3.63) is 51.9 Å². The molecule has 2 rings (SSSR count). The minimum atomic E-state index is -1.11. The molecule has 1 aromatic carbocycles. The predicted octanol–water partition coefficient (Wildman–Crippen LogP) is 3.82. The first-order valence-corrected chi connectivity index (χ1v) is 6.05. The van der Waals surface area contributed by atoms with Crippen LogP contribution in [0.1, 0.15) is 5.56 Å². The van der Waals surface area contributed by atoms with Crippen molar-refractivity contribution in [2.45, 2.75) is 6.42 Å². The van der Waals surface area contributed by atoms with Crippen LogP contribution in [-0.2, 0) is 11.2 Å². The predicted molar refractivity (Wildman–Crippen MR) is 71.0 cm³/mol. The average molecular weight is 300 g/mol. The molecular formula is C13H8Cl2FNO2. The summed E-state index contributed by atoms with van der Waals surface area (Å²) in [6.45, 7) is 0. The van der Waals surface area contributed by atoms with Gasteiger partial charge in [0.1, 0.15) is 0 Å². The Kier molecular flexibility index (Phi) is 4.02. The number of carbonyl (C=O) groups is 1. The van der Waals surface area contributed by atoms with Crippen LogP contribution in [0.15, 0.2) is 30.3 Å². The molecule has 0 radical (unpaired) electrons. The van der Waals surface area contributed by atoms with Gasteiger partial charge in [0.15, 0.2) is 0 Å². The zero-order valence-corrected chi connectivity index (χ0v) is 11.0. The van der Waals surface area contributed by atoms with Crippen LogP contribution in [0.3, 0.4) is 0 Å². The van der Waals surface area contributed by atoms with Gasteiger partial charge in [-0.2, -0.15) is 4.39 Å². The quantitative estimate of drug-likeness (QED) is 0.877. The smallest absolute Gasteiger partial charge is 0.307 e. The number of aromatic nitrogens is 1. The van der Waals surface area contributed by atoms with Gasteiger partial charge in [0.05, 0.1) is 17.1 Å². The van der Waals surface area contributed by atoms with Crippen LogP contribution in [0.2, 0.25) is 10.0 Å².